The van der Waals surface area contributed by atoms with Crippen molar-refractivity contribution >= 4 is 17.6 Å². The Labute approximate surface area is 144 Å². The molecule has 0 fully saturated rings. The molecule has 122 valence electrons. The fourth-order valence-electron chi connectivity index (χ4n) is 2.20. The molecule has 0 aliphatic rings. The highest BCUT2D eigenvalue weighted by Gasteiger charge is 2.21. The summed E-state index contributed by atoms with van der Waals surface area (Å²) in [5.41, 5.74) is 1.83. The average molecular weight is 343 g/mol. The second kappa shape index (κ2) is 6.76. The standard InChI is InChI=1S/C18H15ClN2O3/c1-12-8-9-14(19)15(10-12)24-18(22)17-16(23-2)11-21(20-17)13-6-4-3-5-7-13/h3-11H,1-2H3. The van der Waals surface area contributed by atoms with Crippen molar-refractivity contribution < 1.29 is 14.3 Å². The van der Waals surface area contributed by atoms with Crippen LogP contribution in [0.3, 0.4) is 0 Å². The largest absolute Gasteiger partial charge is 0.493 e. The molecule has 0 aliphatic carbocycles. The van der Waals surface area contributed by atoms with Gasteiger partial charge in [0.25, 0.3) is 0 Å². The molecule has 0 bridgehead atoms. The zero-order chi connectivity index (χ0) is 17.1. The summed E-state index contributed by atoms with van der Waals surface area (Å²) >= 11 is 6.07. The summed E-state index contributed by atoms with van der Waals surface area (Å²) in [4.78, 5) is 12.5. The van der Waals surface area contributed by atoms with Gasteiger partial charge in [-0.2, -0.15) is 5.10 Å². The first-order valence-electron chi connectivity index (χ1n) is 7.26. The molecule has 3 aromatic rings. The maximum Gasteiger partial charge on any atom is 0.368 e. The van der Waals surface area contributed by atoms with Gasteiger partial charge in [0, 0.05) is 0 Å². The first-order chi connectivity index (χ1) is 11.6. The van der Waals surface area contributed by atoms with Crippen molar-refractivity contribution in [3.63, 3.8) is 0 Å². The second-order valence-electron chi connectivity index (χ2n) is 5.15. The second-order valence-corrected chi connectivity index (χ2v) is 5.56. The van der Waals surface area contributed by atoms with Crippen molar-refractivity contribution in [1.29, 1.82) is 0 Å². The number of carbonyl (C=O) groups excluding carboxylic acids is 1. The van der Waals surface area contributed by atoms with E-state index < -0.39 is 5.97 Å². The van der Waals surface area contributed by atoms with E-state index in [9.17, 15) is 4.79 Å². The van der Waals surface area contributed by atoms with Gasteiger partial charge in [0.1, 0.15) is 5.75 Å². The molecule has 2 aromatic carbocycles. The van der Waals surface area contributed by atoms with Gasteiger partial charge in [0.15, 0.2) is 5.75 Å². The van der Waals surface area contributed by atoms with Crippen LogP contribution >= 0.6 is 11.6 Å². The number of hydrogen-bond donors (Lipinski definition) is 0. The van der Waals surface area contributed by atoms with Crippen LogP contribution in [-0.2, 0) is 0 Å². The van der Waals surface area contributed by atoms with Crippen LogP contribution in [0.1, 0.15) is 16.1 Å². The van der Waals surface area contributed by atoms with E-state index in [1.807, 2.05) is 43.3 Å². The summed E-state index contributed by atoms with van der Waals surface area (Å²) in [7, 11) is 1.47. The SMILES string of the molecule is COc1cn(-c2ccccc2)nc1C(=O)Oc1cc(C)ccc1Cl. The number of benzene rings is 2. The van der Waals surface area contributed by atoms with Gasteiger partial charge in [-0.1, -0.05) is 35.9 Å². The third-order valence-electron chi connectivity index (χ3n) is 3.40. The first kappa shape index (κ1) is 16.1. The maximum absolute atomic E-state index is 12.5. The van der Waals surface area contributed by atoms with Crippen LogP contribution in [0.2, 0.25) is 5.02 Å². The number of carbonyl (C=O) groups is 1. The molecule has 1 aromatic heterocycles. The Balaban J connectivity index is 1.92. The molecule has 5 nitrogen and oxygen atoms in total. The summed E-state index contributed by atoms with van der Waals surface area (Å²) in [6.45, 7) is 1.89. The lowest BCUT2D eigenvalue weighted by Crippen LogP contribution is -2.11. The number of para-hydroxylation sites is 1. The van der Waals surface area contributed by atoms with Gasteiger partial charge in [-0.15, -0.1) is 0 Å². The van der Waals surface area contributed by atoms with Crippen LogP contribution in [0, 0.1) is 6.92 Å². The van der Waals surface area contributed by atoms with E-state index in [1.165, 1.54) is 7.11 Å². The molecular weight excluding hydrogens is 328 g/mol. The van der Waals surface area contributed by atoms with E-state index in [0.29, 0.717) is 10.8 Å². The van der Waals surface area contributed by atoms with Crippen LogP contribution in [0.4, 0.5) is 0 Å². The molecule has 24 heavy (non-hydrogen) atoms. The zero-order valence-corrected chi connectivity index (χ0v) is 13.9. The lowest BCUT2D eigenvalue weighted by atomic mass is 10.2. The topological polar surface area (TPSA) is 53.4 Å². The number of methoxy groups -OCH3 is 1. The summed E-state index contributed by atoms with van der Waals surface area (Å²) in [6, 6.07) is 14.6. The number of nitrogens with zero attached hydrogens (tertiary/aromatic N) is 2. The predicted octanol–water partition coefficient (Wildman–Crippen LogP) is 4.06. The molecule has 0 atom stereocenters. The first-order valence-corrected chi connectivity index (χ1v) is 7.63. The lowest BCUT2D eigenvalue weighted by molar-refractivity contribution is 0.0724. The number of hydrogen-bond acceptors (Lipinski definition) is 4. The normalized spacial score (nSPS) is 10.5. The highest BCUT2D eigenvalue weighted by atomic mass is 35.5. The van der Waals surface area contributed by atoms with E-state index in [1.54, 1.807) is 23.0 Å². The highest BCUT2D eigenvalue weighted by molar-refractivity contribution is 6.32. The van der Waals surface area contributed by atoms with Crippen molar-refractivity contribution in [2.24, 2.45) is 0 Å². The zero-order valence-electron chi connectivity index (χ0n) is 13.2. The van der Waals surface area contributed by atoms with Gasteiger partial charge < -0.3 is 9.47 Å². The third-order valence-corrected chi connectivity index (χ3v) is 3.72. The molecule has 0 N–H and O–H groups in total. The Morgan fingerprint density at radius 2 is 1.88 bits per heavy atom. The Morgan fingerprint density at radius 3 is 2.58 bits per heavy atom. The molecule has 0 unspecified atom stereocenters. The van der Waals surface area contributed by atoms with Crippen LogP contribution < -0.4 is 9.47 Å². The van der Waals surface area contributed by atoms with Crippen molar-refractivity contribution in [1.82, 2.24) is 9.78 Å². The van der Waals surface area contributed by atoms with Gasteiger partial charge >= 0.3 is 5.97 Å². The van der Waals surface area contributed by atoms with Crippen molar-refractivity contribution in [3.8, 4) is 17.2 Å². The molecule has 0 spiro atoms. The quantitative estimate of drug-likeness (QED) is 0.530. The van der Waals surface area contributed by atoms with E-state index in [0.717, 1.165) is 11.3 Å². The Morgan fingerprint density at radius 1 is 1.12 bits per heavy atom. The lowest BCUT2D eigenvalue weighted by Gasteiger charge is -2.06. The molecule has 3 rings (SSSR count). The number of rotatable bonds is 4. The minimum atomic E-state index is -0.631. The molecule has 0 saturated carbocycles. The van der Waals surface area contributed by atoms with Gasteiger partial charge in [0.2, 0.25) is 5.69 Å². The summed E-state index contributed by atoms with van der Waals surface area (Å²) in [6.07, 6.45) is 1.63. The van der Waals surface area contributed by atoms with Crippen molar-refractivity contribution in [2.75, 3.05) is 7.11 Å². The van der Waals surface area contributed by atoms with Crippen LogP contribution in [-0.4, -0.2) is 22.9 Å². The van der Waals surface area contributed by atoms with Gasteiger partial charge in [-0.05, 0) is 36.8 Å². The summed E-state index contributed by atoms with van der Waals surface area (Å²) < 4.78 is 12.2. The van der Waals surface area contributed by atoms with Crippen molar-refractivity contribution in [2.45, 2.75) is 6.92 Å². The van der Waals surface area contributed by atoms with Gasteiger partial charge in [0.05, 0.1) is 24.0 Å². The Kier molecular flexibility index (Phi) is 4.53. The Bertz CT molecular complexity index is 875. The fourth-order valence-corrected chi connectivity index (χ4v) is 2.36. The molecule has 1 heterocycles. The van der Waals surface area contributed by atoms with E-state index in [-0.39, 0.29) is 11.4 Å². The predicted molar refractivity (Wildman–Crippen MR) is 91.3 cm³/mol. The number of halogens is 1. The molecular formula is C18H15ClN2O3. The maximum atomic E-state index is 12.5. The minimum Gasteiger partial charge on any atom is -0.493 e. The van der Waals surface area contributed by atoms with E-state index in [2.05, 4.69) is 5.10 Å². The van der Waals surface area contributed by atoms with Crippen molar-refractivity contribution in [3.05, 3.63) is 71.0 Å². The van der Waals surface area contributed by atoms with Gasteiger partial charge in [-0.3, -0.25) is 0 Å². The van der Waals surface area contributed by atoms with Crippen LogP contribution in [0.25, 0.3) is 5.69 Å². The minimum absolute atomic E-state index is 0.0823. The summed E-state index contributed by atoms with van der Waals surface area (Å²) in [5.74, 6) is -0.0142. The average Bonchev–Trinajstić information content (AvgIpc) is 3.03. The number of aryl methyl sites for hydroxylation is 1. The highest BCUT2D eigenvalue weighted by Crippen LogP contribution is 2.27. The van der Waals surface area contributed by atoms with Gasteiger partial charge in [-0.25, -0.2) is 9.48 Å². The van der Waals surface area contributed by atoms with E-state index in [4.69, 9.17) is 21.1 Å². The molecule has 0 radical (unpaired) electrons. The Hall–Kier alpha value is -2.79. The third kappa shape index (κ3) is 3.26. The monoisotopic (exact) mass is 342 g/mol. The number of ether oxygens (including phenoxy) is 2. The number of esters is 1. The number of aromatic nitrogens is 2. The molecule has 0 amide bonds. The fraction of sp³-hybridized carbons (Fsp3) is 0.111. The molecule has 0 aliphatic heterocycles. The van der Waals surface area contributed by atoms with E-state index >= 15 is 0 Å². The van der Waals surface area contributed by atoms with Crippen LogP contribution in [0.15, 0.2) is 54.7 Å². The smallest absolute Gasteiger partial charge is 0.368 e. The molecule has 0 saturated heterocycles. The summed E-state index contributed by atoms with van der Waals surface area (Å²) in [5, 5.41) is 4.63. The van der Waals surface area contributed by atoms with Crippen LogP contribution in [0.5, 0.6) is 11.5 Å². The molecule has 6 heteroatoms.